The summed E-state index contributed by atoms with van der Waals surface area (Å²) >= 11 is 11.7. The van der Waals surface area contributed by atoms with E-state index in [9.17, 15) is 4.79 Å². The van der Waals surface area contributed by atoms with Crippen LogP contribution >= 0.6 is 23.2 Å². The van der Waals surface area contributed by atoms with Gasteiger partial charge in [-0.2, -0.15) is 0 Å². The second-order valence-electron chi connectivity index (χ2n) is 4.38. The molecule has 1 aromatic carbocycles. The summed E-state index contributed by atoms with van der Waals surface area (Å²) in [5, 5.41) is 0.564. The van der Waals surface area contributed by atoms with E-state index in [-0.39, 0.29) is 10.6 Å². The first-order valence-electron chi connectivity index (χ1n) is 6.42. The van der Waals surface area contributed by atoms with Gasteiger partial charge in [0.1, 0.15) is 16.5 Å². The van der Waals surface area contributed by atoms with Crippen LogP contribution in [-0.2, 0) is 6.54 Å². The summed E-state index contributed by atoms with van der Waals surface area (Å²) in [4.78, 5) is 11.8. The highest BCUT2D eigenvalue weighted by molar-refractivity contribution is 6.34. The third-order valence-electron chi connectivity index (χ3n) is 2.88. The van der Waals surface area contributed by atoms with E-state index in [4.69, 9.17) is 32.7 Å². The molecule has 2 aromatic rings. The Labute approximate surface area is 132 Å². The second kappa shape index (κ2) is 7.38. The van der Waals surface area contributed by atoms with Crippen LogP contribution in [0.25, 0.3) is 0 Å². The smallest absolute Gasteiger partial charge is 0.269 e. The van der Waals surface area contributed by atoms with Crippen molar-refractivity contribution in [1.29, 1.82) is 0 Å². The fourth-order valence-corrected chi connectivity index (χ4v) is 2.34. The van der Waals surface area contributed by atoms with Gasteiger partial charge >= 0.3 is 0 Å². The molecule has 0 atom stereocenters. The van der Waals surface area contributed by atoms with Gasteiger partial charge in [0.2, 0.25) is 0 Å². The van der Waals surface area contributed by atoms with Crippen LogP contribution in [0.15, 0.2) is 41.3 Å². The van der Waals surface area contributed by atoms with E-state index >= 15 is 0 Å². The van der Waals surface area contributed by atoms with Crippen LogP contribution in [0.4, 0.5) is 0 Å². The lowest BCUT2D eigenvalue weighted by atomic mass is 10.3. The first-order chi connectivity index (χ1) is 10.1. The maximum absolute atomic E-state index is 11.8. The van der Waals surface area contributed by atoms with Crippen molar-refractivity contribution in [3.05, 3.63) is 56.9 Å². The highest BCUT2D eigenvalue weighted by Crippen LogP contribution is 2.17. The quantitative estimate of drug-likeness (QED) is 0.760. The van der Waals surface area contributed by atoms with Gasteiger partial charge in [-0.05, 0) is 36.8 Å². The average Bonchev–Trinajstić information content (AvgIpc) is 2.49. The van der Waals surface area contributed by atoms with E-state index in [0.717, 1.165) is 11.5 Å². The Balaban J connectivity index is 1.86. The average molecular weight is 328 g/mol. The number of hydrogen-bond acceptors (Lipinski definition) is 3. The highest BCUT2D eigenvalue weighted by atomic mass is 35.5. The molecule has 0 saturated carbocycles. The second-order valence-corrected chi connectivity index (χ2v) is 5.23. The first kappa shape index (κ1) is 15.7. The Morgan fingerprint density at radius 3 is 2.48 bits per heavy atom. The zero-order chi connectivity index (χ0) is 15.2. The van der Waals surface area contributed by atoms with Crippen molar-refractivity contribution in [2.45, 2.75) is 13.0 Å². The monoisotopic (exact) mass is 327 g/mol. The van der Waals surface area contributed by atoms with Gasteiger partial charge in [-0.1, -0.05) is 23.2 Å². The predicted octanol–water partition coefficient (Wildman–Crippen LogP) is 3.63. The third kappa shape index (κ3) is 4.41. The van der Waals surface area contributed by atoms with Crippen LogP contribution in [0.1, 0.15) is 6.42 Å². The number of methoxy groups -OCH3 is 1. The number of benzene rings is 1. The van der Waals surface area contributed by atoms with Crippen molar-refractivity contribution >= 4 is 23.2 Å². The molecule has 0 amide bonds. The molecule has 0 aliphatic heterocycles. The maximum atomic E-state index is 11.8. The highest BCUT2D eigenvalue weighted by Gasteiger charge is 2.03. The van der Waals surface area contributed by atoms with Gasteiger partial charge in [-0.3, -0.25) is 4.79 Å². The predicted molar refractivity (Wildman–Crippen MR) is 83.8 cm³/mol. The summed E-state index contributed by atoms with van der Waals surface area (Å²) in [5.41, 5.74) is -0.245. The van der Waals surface area contributed by atoms with Gasteiger partial charge in [-0.25, -0.2) is 0 Å². The van der Waals surface area contributed by atoms with E-state index in [0.29, 0.717) is 24.6 Å². The first-order valence-corrected chi connectivity index (χ1v) is 7.18. The van der Waals surface area contributed by atoms with Gasteiger partial charge in [-0.15, -0.1) is 0 Å². The Morgan fingerprint density at radius 2 is 1.81 bits per heavy atom. The summed E-state index contributed by atoms with van der Waals surface area (Å²) in [7, 11) is 1.61. The van der Waals surface area contributed by atoms with E-state index in [1.807, 2.05) is 24.3 Å². The van der Waals surface area contributed by atoms with Gasteiger partial charge in [0.15, 0.2) is 0 Å². The van der Waals surface area contributed by atoms with E-state index in [1.54, 1.807) is 13.3 Å². The van der Waals surface area contributed by atoms with Crippen LogP contribution in [0.3, 0.4) is 0 Å². The minimum absolute atomic E-state index is 0.124. The Kier molecular flexibility index (Phi) is 5.53. The summed E-state index contributed by atoms with van der Waals surface area (Å²) in [6, 6.07) is 8.77. The van der Waals surface area contributed by atoms with Crippen molar-refractivity contribution in [2.75, 3.05) is 13.7 Å². The number of hydrogen-bond donors (Lipinski definition) is 0. The molecule has 0 N–H and O–H groups in total. The molecule has 0 aliphatic carbocycles. The molecule has 0 radical (unpaired) electrons. The lowest BCUT2D eigenvalue weighted by Crippen LogP contribution is -2.20. The molecule has 4 nitrogen and oxygen atoms in total. The number of aryl methyl sites for hydroxylation is 1. The molecule has 1 heterocycles. The van der Waals surface area contributed by atoms with Gasteiger partial charge in [0.05, 0.1) is 18.7 Å². The number of halogens is 2. The molecule has 0 spiro atoms. The Bertz CT molecular complexity index is 653. The number of pyridine rings is 1. The molecule has 2 rings (SSSR count). The zero-order valence-corrected chi connectivity index (χ0v) is 13.0. The zero-order valence-electron chi connectivity index (χ0n) is 11.5. The van der Waals surface area contributed by atoms with Gasteiger partial charge in [0.25, 0.3) is 5.56 Å². The normalized spacial score (nSPS) is 10.4. The molecule has 0 bridgehead atoms. The lowest BCUT2D eigenvalue weighted by Gasteiger charge is -2.09. The lowest BCUT2D eigenvalue weighted by molar-refractivity contribution is 0.300. The molecule has 1 aromatic heterocycles. The van der Waals surface area contributed by atoms with Gasteiger partial charge < -0.3 is 14.0 Å². The molecule has 21 heavy (non-hydrogen) atoms. The fourth-order valence-electron chi connectivity index (χ4n) is 1.83. The molecule has 6 heteroatoms. The molecular weight excluding hydrogens is 313 g/mol. The molecule has 0 saturated heterocycles. The standard InChI is InChI=1S/C15H15Cl2NO3/c1-20-12-3-5-13(6-4-12)21-8-2-7-18-10-11(16)9-14(17)15(18)19/h3-6,9-10H,2,7-8H2,1H3. The number of ether oxygens (including phenoxy) is 2. The summed E-state index contributed by atoms with van der Waals surface area (Å²) in [5.74, 6) is 1.54. The van der Waals surface area contributed by atoms with Crippen molar-refractivity contribution in [2.24, 2.45) is 0 Å². The maximum Gasteiger partial charge on any atom is 0.269 e. The van der Waals surface area contributed by atoms with Crippen LogP contribution in [0.5, 0.6) is 11.5 Å². The minimum atomic E-state index is -0.245. The van der Waals surface area contributed by atoms with Crippen molar-refractivity contribution in [3.8, 4) is 11.5 Å². The van der Waals surface area contributed by atoms with Crippen LogP contribution < -0.4 is 15.0 Å². The number of rotatable bonds is 6. The van der Waals surface area contributed by atoms with Crippen LogP contribution in [0, 0.1) is 0 Å². The van der Waals surface area contributed by atoms with E-state index in [2.05, 4.69) is 0 Å². The largest absolute Gasteiger partial charge is 0.497 e. The molecule has 0 unspecified atom stereocenters. The third-order valence-corrected chi connectivity index (χ3v) is 3.36. The van der Waals surface area contributed by atoms with Crippen molar-refractivity contribution < 1.29 is 9.47 Å². The summed E-state index contributed by atoms with van der Waals surface area (Å²) in [6.45, 7) is 0.984. The Hall–Kier alpha value is -1.65. The molecule has 112 valence electrons. The number of aromatic nitrogens is 1. The minimum Gasteiger partial charge on any atom is -0.497 e. The Morgan fingerprint density at radius 1 is 1.14 bits per heavy atom. The SMILES string of the molecule is COc1ccc(OCCCn2cc(Cl)cc(Cl)c2=O)cc1. The van der Waals surface area contributed by atoms with Crippen LogP contribution in [-0.4, -0.2) is 18.3 Å². The van der Waals surface area contributed by atoms with Crippen molar-refractivity contribution in [3.63, 3.8) is 0 Å². The van der Waals surface area contributed by atoms with E-state index in [1.165, 1.54) is 10.6 Å². The topological polar surface area (TPSA) is 40.5 Å². The fraction of sp³-hybridized carbons (Fsp3) is 0.267. The molecule has 0 fully saturated rings. The number of nitrogens with zero attached hydrogens (tertiary/aromatic N) is 1. The van der Waals surface area contributed by atoms with E-state index < -0.39 is 0 Å². The van der Waals surface area contributed by atoms with Crippen molar-refractivity contribution in [1.82, 2.24) is 4.57 Å². The van der Waals surface area contributed by atoms with Gasteiger partial charge in [0, 0.05) is 12.7 Å². The summed E-state index contributed by atoms with van der Waals surface area (Å²) < 4.78 is 12.1. The molecule has 0 aliphatic rings. The summed E-state index contributed by atoms with van der Waals surface area (Å²) in [6.07, 6.45) is 2.24. The molecular formula is C15H15Cl2NO3. The van der Waals surface area contributed by atoms with Crippen LogP contribution in [0.2, 0.25) is 10.0 Å².